The summed E-state index contributed by atoms with van der Waals surface area (Å²) in [6, 6.07) is 2.25. The van der Waals surface area contributed by atoms with Crippen LogP contribution in [0.1, 0.15) is 44.8 Å². The average Bonchev–Trinajstić information content (AvgIpc) is 3.37. The SMILES string of the molecule is CCC[C@@H](C)n1cc(-c2nc(/C(C=N)=C/NCCCO)cn3nccc23)cn1. The van der Waals surface area contributed by atoms with E-state index in [1.165, 1.54) is 6.21 Å². The Balaban J connectivity index is 1.99. The Kier molecular flexibility index (Phi) is 6.54. The largest absolute Gasteiger partial charge is 0.396 e. The Hall–Kier alpha value is -3.00. The summed E-state index contributed by atoms with van der Waals surface area (Å²) in [5.41, 5.74) is 3.89. The first-order valence-electron chi connectivity index (χ1n) is 9.62. The third kappa shape index (κ3) is 4.28. The van der Waals surface area contributed by atoms with E-state index in [9.17, 15) is 0 Å². The molecule has 3 heterocycles. The summed E-state index contributed by atoms with van der Waals surface area (Å²) in [7, 11) is 0. The Labute approximate surface area is 164 Å². The van der Waals surface area contributed by atoms with Gasteiger partial charge in [0.25, 0.3) is 0 Å². The van der Waals surface area contributed by atoms with Crippen molar-refractivity contribution in [2.24, 2.45) is 0 Å². The molecular weight excluding hydrogens is 354 g/mol. The van der Waals surface area contributed by atoms with Crippen LogP contribution in [-0.2, 0) is 0 Å². The molecular formula is C20H27N7O. The second-order valence-corrected chi connectivity index (χ2v) is 6.76. The van der Waals surface area contributed by atoms with Gasteiger partial charge in [-0.15, -0.1) is 0 Å². The maximum atomic E-state index is 8.90. The second-order valence-electron chi connectivity index (χ2n) is 6.76. The number of fused-ring (bicyclic) bond motifs is 1. The fourth-order valence-electron chi connectivity index (χ4n) is 3.08. The van der Waals surface area contributed by atoms with Crippen molar-refractivity contribution in [2.75, 3.05) is 13.2 Å². The molecule has 0 fully saturated rings. The van der Waals surface area contributed by atoms with Gasteiger partial charge in [-0.05, 0) is 25.8 Å². The van der Waals surface area contributed by atoms with Crippen LogP contribution in [0.5, 0.6) is 0 Å². The molecule has 3 aromatic heterocycles. The van der Waals surface area contributed by atoms with Crippen molar-refractivity contribution >= 4 is 17.3 Å². The van der Waals surface area contributed by atoms with Crippen LogP contribution in [0.4, 0.5) is 0 Å². The van der Waals surface area contributed by atoms with E-state index in [0.29, 0.717) is 30.3 Å². The molecule has 0 aliphatic carbocycles. The van der Waals surface area contributed by atoms with E-state index in [1.807, 2.05) is 29.3 Å². The van der Waals surface area contributed by atoms with E-state index in [1.54, 1.807) is 16.9 Å². The third-order valence-electron chi connectivity index (χ3n) is 4.61. The normalized spacial score (nSPS) is 13.0. The smallest absolute Gasteiger partial charge is 0.0999 e. The van der Waals surface area contributed by atoms with Crippen LogP contribution in [0, 0.1) is 5.41 Å². The van der Waals surface area contributed by atoms with E-state index >= 15 is 0 Å². The maximum Gasteiger partial charge on any atom is 0.0999 e. The molecule has 3 rings (SSSR count). The van der Waals surface area contributed by atoms with Crippen molar-refractivity contribution in [1.82, 2.24) is 29.7 Å². The summed E-state index contributed by atoms with van der Waals surface area (Å²) in [6.07, 6.45) is 13.2. The highest BCUT2D eigenvalue weighted by molar-refractivity contribution is 6.07. The number of hydrogen-bond donors (Lipinski definition) is 3. The van der Waals surface area contributed by atoms with Crippen LogP contribution in [0.3, 0.4) is 0 Å². The van der Waals surface area contributed by atoms with Crippen LogP contribution in [0.15, 0.2) is 37.1 Å². The lowest BCUT2D eigenvalue weighted by Gasteiger charge is -2.10. The van der Waals surface area contributed by atoms with Gasteiger partial charge in [0.1, 0.15) is 0 Å². The molecule has 1 atom stereocenters. The van der Waals surface area contributed by atoms with Crippen molar-refractivity contribution in [3.05, 3.63) is 42.7 Å². The third-order valence-corrected chi connectivity index (χ3v) is 4.61. The molecule has 3 N–H and O–H groups in total. The van der Waals surface area contributed by atoms with Crippen molar-refractivity contribution in [3.8, 4) is 11.3 Å². The van der Waals surface area contributed by atoms with Crippen LogP contribution < -0.4 is 5.32 Å². The number of nitrogens with one attached hydrogen (secondary N) is 2. The van der Waals surface area contributed by atoms with Crippen LogP contribution >= 0.6 is 0 Å². The van der Waals surface area contributed by atoms with E-state index in [2.05, 4.69) is 29.4 Å². The lowest BCUT2D eigenvalue weighted by atomic mass is 10.1. The Morgan fingerprint density at radius 2 is 2.21 bits per heavy atom. The molecule has 0 unspecified atom stereocenters. The van der Waals surface area contributed by atoms with Crippen molar-refractivity contribution in [2.45, 2.75) is 39.2 Å². The minimum absolute atomic E-state index is 0.128. The molecule has 8 heteroatoms. The zero-order chi connectivity index (χ0) is 19.9. The van der Waals surface area contributed by atoms with Gasteiger partial charge in [0, 0.05) is 48.9 Å². The second kappa shape index (κ2) is 9.27. The summed E-state index contributed by atoms with van der Waals surface area (Å²) < 4.78 is 3.75. The molecule has 3 aromatic rings. The molecule has 0 aliphatic heterocycles. The summed E-state index contributed by atoms with van der Waals surface area (Å²) >= 11 is 0. The van der Waals surface area contributed by atoms with Gasteiger partial charge in [0.2, 0.25) is 0 Å². The highest BCUT2D eigenvalue weighted by Crippen LogP contribution is 2.25. The Morgan fingerprint density at radius 1 is 1.36 bits per heavy atom. The topological polar surface area (TPSA) is 104 Å². The minimum atomic E-state index is 0.128. The molecule has 0 aromatic carbocycles. The van der Waals surface area contributed by atoms with E-state index in [-0.39, 0.29) is 6.61 Å². The number of aliphatic hydroxyl groups excluding tert-OH is 1. The van der Waals surface area contributed by atoms with E-state index < -0.39 is 0 Å². The summed E-state index contributed by atoms with van der Waals surface area (Å²) in [4.78, 5) is 4.81. The number of aliphatic hydroxyl groups is 1. The van der Waals surface area contributed by atoms with Gasteiger partial charge in [0.05, 0.1) is 35.5 Å². The number of hydrogen-bond acceptors (Lipinski definition) is 6. The molecule has 0 saturated carbocycles. The first-order chi connectivity index (χ1) is 13.7. The van der Waals surface area contributed by atoms with Gasteiger partial charge >= 0.3 is 0 Å². The number of rotatable bonds is 10. The van der Waals surface area contributed by atoms with Crippen LogP contribution in [-0.4, -0.2) is 48.9 Å². The fraction of sp³-hybridized carbons (Fsp3) is 0.400. The van der Waals surface area contributed by atoms with Crippen LogP contribution in [0.2, 0.25) is 0 Å². The van der Waals surface area contributed by atoms with Gasteiger partial charge in [0.15, 0.2) is 0 Å². The zero-order valence-electron chi connectivity index (χ0n) is 16.3. The first kappa shape index (κ1) is 19.8. The van der Waals surface area contributed by atoms with Gasteiger partial charge in [-0.25, -0.2) is 9.50 Å². The van der Waals surface area contributed by atoms with Crippen molar-refractivity contribution in [3.63, 3.8) is 0 Å². The van der Waals surface area contributed by atoms with E-state index in [0.717, 1.165) is 29.6 Å². The Bertz CT molecular complexity index is 957. The maximum absolute atomic E-state index is 8.90. The van der Waals surface area contributed by atoms with Gasteiger partial charge in [-0.2, -0.15) is 10.2 Å². The number of allylic oxidation sites excluding steroid dienone is 1. The molecule has 0 bridgehead atoms. The molecule has 0 spiro atoms. The van der Waals surface area contributed by atoms with Gasteiger partial charge in [-0.1, -0.05) is 13.3 Å². The summed E-state index contributed by atoms with van der Waals surface area (Å²) in [5.74, 6) is 0. The number of aromatic nitrogens is 5. The minimum Gasteiger partial charge on any atom is -0.396 e. The quantitative estimate of drug-likeness (QED) is 0.370. The molecule has 28 heavy (non-hydrogen) atoms. The average molecular weight is 381 g/mol. The highest BCUT2D eigenvalue weighted by atomic mass is 16.3. The lowest BCUT2D eigenvalue weighted by Crippen LogP contribution is -2.10. The molecule has 0 amide bonds. The van der Waals surface area contributed by atoms with Crippen molar-refractivity contribution in [1.29, 1.82) is 5.41 Å². The van der Waals surface area contributed by atoms with Gasteiger partial charge in [-0.3, -0.25) is 4.68 Å². The predicted octanol–water partition coefficient (Wildman–Crippen LogP) is 2.92. The zero-order valence-corrected chi connectivity index (χ0v) is 16.3. The fourth-order valence-corrected chi connectivity index (χ4v) is 3.08. The number of nitrogens with zero attached hydrogens (tertiary/aromatic N) is 5. The molecule has 0 aliphatic rings. The Morgan fingerprint density at radius 3 is 2.96 bits per heavy atom. The summed E-state index contributed by atoms with van der Waals surface area (Å²) in [6.45, 7) is 5.09. The summed E-state index contributed by atoms with van der Waals surface area (Å²) in [5, 5.41) is 28.6. The standard InChI is InChI=1S/C20H27N7O/c1-3-5-15(2)26-13-17(12-24-26)20-19-6-8-23-27(19)14-18(25-20)16(10-21)11-22-7-4-9-28/h6,8,10-15,21-22,28H,3-5,7,9H2,1-2H3/b16-11+,21-10?/t15-/m1/s1. The lowest BCUT2D eigenvalue weighted by molar-refractivity contribution is 0.288. The predicted molar refractivity (Wildman–Crippen MR) is 110 cm³/mol. The molecule has 0 radical (unpaired) electrons. The monoisotopic (exact) mass is 381 g/mol. The van der Waals surface area contributed by atoms with Gasteiger partial charge < -0.3 is 15.8 Å². The van der Waals surface area contributed by atoms with Crippen LogP contribution in [0.25, 0.3) is 22.3 Å². The molecule has 8 nitrogen and oxygen atoms in total. The van der Waals surface area contributed by atoms with E-state index in [4.69, 9.17) is 15.5 Å². The first-order valence-corrected chi connectivity index (χ1v) is 9.62. The molecule has 148 valence electrons. The molecule has 0 saturated heterocycles. The van der Waals surface area contributed by atoms with Crippen molar-refractivity contribution < 1.29 is 5.11 Å². The highest BCUT2D eigenvalue weighted by Gasteiger charge is 2.14.